The van der Waals surface area contributed by atoms with E-state index >= 15 is 0 Å². The standard InChI is InChI=1S/C15H28N4/c1-12(2)11-19-14(17-18-15(19)10-16)9-8-13-6-4-3-5-7-13/h12-13H,3-11,16H2,1-2H3. The fourth-order valence-electron chi connectivity index (χ4n) is 3.09. The van der Waals surface area contributed by atoms with Gasteiger partial charge in [-0.3, -0.25) is 0 Å². The van der Waals surface area contributed by atoms with Crippen LogP contribution in [0.2, 0.25) is 0 Å². The van der Waals surface area contributed by atoms with Crippen LogP contribution in [0, 0.1) is 11.8 Å². The van der Waals surface area contributed by atoms with E-state index < -0.39 is 0 Å². The normalized spacial score (nSPS) is 17.3. The smallest absolute Gasteiger partial charge is 0.146 e. The van der Waals surface area contributed by atoms with Crippen LogP contribution in [-0.2, 0) is 19.5 Å². The van der Waals surface area contributed by atoms with Crippen molar-refractivity contribution in [2.75, 3.05) is 0 Å². The molecule has 2 rings (SSSR count). The second-order valence-corrected chi connectivity index (χ2v) is 6.28. The summed E-state index contributed by atoms with van der Waals surface area (Å²) >= 11 is 0. The van der Waals surface area contributed by atoms with Crippen LogP contribution in [0.3, 0.4) is 0 Å². The Bertz CT molecular complexity index is 377. The van der Waals surface area contributed by atoms with Crippen LogP contribution in [-0.4, -0.2) is 14.8 Å². The van der Waals surface area contributed by atoms with Crippen molar-refractivity contribution in [2.45, 2.75) is 71.9 Å². The number of aromatic nitrogens is 3. The van der Waals surface area contributed by atoms with Crippen LogP contribution in [0.1, 0.15) is 64.0 Å². The molecule has 0 bridgehead atoms. The molecule has 0 radical (unpaired) electrons. The number of hydrogen-bond acceptors (Lipinski definition) is 3. The van der Waals surface area contributed by atoms with Gasteiger partial charge in [0.1, 0.15) is 11.6 Å². The molecule has 0 aliphatic heterocycles. The molecule has 108 valence electrons. The molecule has 1 aliphatic rings. The van der Waals surface area contributed by atoms with Crippen LogP contribution in [0.5, 0.6) is 0 Å². The number of nitrogens with two attached hydrogens (primary N) is 1. The first-order valence-electron chi connectivity index (χ1n) is 7.81. The highest BCUT2D eigenvalue weighted by Gasteiger charge is 2.16. The quantitative estimate of drug-likeness (QED) is 0.859. The second kappa shape index (κ2) is 7.04. The molecule has 0 aromatic carbocycles. The Kier molecular flexibility index (Phi) is 5.37. The summed E-state index contributed by atoms with van der Waals surface area (Å²) in [5.41, 5.74) is 5.76. The predicted octanol–water partition coefficient (Wildman–Crippen LogP) is 2.91. The summed E-state index contributed by atoms with van der Waals surface area (Å²) in [7, 11) is 0. The Morgan fingerprint density at radius 2 is 1.84 bits per heavy atom. The van der Waals surface area contributed by atoms with Crippen molar-refractivity contribution in [3.8, 4) is 0 Å². The fraction of sp³-hybridized carbons (Fsp3) is 0.867. The van der Waals surface area contributed by atoms with E-state index in [1.54, 1.807) is 0 Å². The molecule has 0 saturated heterocycles. The summed E-state index contributed by atoms with van der Waals surface area (Å²) in [6.45, 7) is 5.93. The van der Waals surface area contributed by atoms with Crippen LogP contribution in [0.4, 0.5) is 0 Å². The zero-order valence-electron chi connectivity index (χ0n) is 12.4. The molecule has 0 amide bonds. The third-order valence-electron chi connectivity index (χ3n) is 4.14. The lowest BCUT2D eigenvalue weighted by molar-refractivity contribution is 0.334. The fourth-order valence-corrected chi connectivity index (χ4v) is 3.09. The summed E-state index contributed by atoms with van der Waals surface area (Å²) in [5.74, 6) is 3.58. The number of nitrogens with zero attached hydrogens (tertiary/aromatic N) is 3. The minimum absolute atomic E-state index is 0.489. The number of aryl methyl sites for hydroxylation is 1. The molecular formula is C15H28N4. The number of rotatable bonds is 6. The second-order valence-electron chi connectivity index (χ2n) is 6.28. The average molecular weight is 264 g/mol. The van der Waals surface area contributed by atoms with Crippen molar-refractivity contribution in [3.05, 3.63) is 11.6 Å². The van der Waals surface area contributed by atoms with Crippen molar-refractivity contribution >= 4 is 0 Å². The van der Waals surface area contributed by atoms with Gasteiger partial charge < -0.3 is 10.3 Å². The van der Waals surface area contributed by atoms with E-state index in [1.165, 1.54) is 38.5 Å². The Morgan fingerprint density at radius 1 is 1.16 bits per heavy atom. The van der Waals surface area contributed by atoms with Gasteiger partial charge in [-0.15, -0.1) is 10.2 Å². The molecule has 4 heteroatoms. The third kappa shape index (κ3) is 4.03. The SMILES string of the molecule is CC(C)Cn1c(CN)nnc1CCC1CCCCC1. The van der Waals surface area contributed by atoms with Crippen molar-refractivity contribution in [1.82, 2.24) is 14.8 Å². The first kappa shape index (κ1) is 14.5. The van der Waals surface area contributed by atoms with Crippen LogP contribution < -0.4 is 5.73 Å². The highest BCUT2D eigenvalue weighted by atomic mass is 15.3. The van der Waals surface area contributed by atoms with Gasteiger partial charge in [0.2, 0.25) is 0 Å². The average Bonchev–Trinajstić information content (AvgIpc) is 2.79. The van der Waals surface area contributed by atoms with E-state index in [4.69, 9.17) is 5.73 Å². The molecule has 0 unspecified atom stereocenters. The van der Waals surface area contributed by atoms with Gasteiger partial charge in [-0.1, -0.05) is 46.0 Å². The van der Waals surface area contributed by atoms with Crippen molar-refractivity contribution in [1.29, 1.82) is 0 Å². The Hall–Kier alpha value is -0.900. The van der Waals surface area contributed by atoms with E-state index in [9.17, 15) is 0 Å². The molecule has 1 aromatic rings. The van der Waals surface area contributed by atoms with Gasteiger partial charge in [0, 0.05) is 13.0 Å². The van der Waals surface area contributed by atoms with Gasteiger partial charge in [-0.25, -0.2) is 0 Å². The maximum absolute atomic E-state index is 5.76. The summed E-state index contributed by atoms with van der Waals surface area (Å²) in [6, 6.07) is 0. The molecule has 0 spiro atoms. The lowest BCUT2D eigenvalue weighted by Gasteiger charge is -2.21. The highest BCUT2D eigenvalue weighted by molar-refractivity contribution is 4.96. The molecule has 1 aliphatic carbocycles. The van der Waals surface area contributed by atoms with Crippen LogP contribution >= 0.6 is 0 Å². The molecule has 0 atom stereocenters. The third-order valence-corrected chi connectivity index (χ3v) is 4.14. The Balaban J connectivity index is 1.96. The predicted molar refractivity (Wildman–Crippen MR) is 77.6 cm³/mol. The zero-order chi connectivity index (χ0) is 13.7. The van der Waals surface area contributed by atoms with E-state index in [2.05, 4.69) is 28.6 Å². The van der Waals surface area contributed by atoms with Gasteiger partial charge >= 0.3 is 0 Å². The van der Waals surface area contributed by atoms with Gasteiger partial charge in [0.15, 0.2) is 0 Å². The molecule has 2 N–H and O–H groups in total. The minimum atomic E-state index is 0.489. The molecule has 19 heavy (non-hydrogen) atoms. The topological polar surface area (TPSA) is 56.7 Å². The van der Waals surface area contributed by atoms with Gasteiger partial charge in [-0.05, 0) is 18.3 Å². The maximum atomic E-state index is 5.76. The first-order valence-corrected chi connectivity index (χ1v) is 7.81. The zero-order valence-corrected chi connectivity index (χ0v) is 12.4. The van der Waals surface area contributed by atoms with Crippen LogP contribution in [0.15, 0.2) is 0 Å². The monoisotopic (exact) mass is 264 g/mol. The van der Waals surface area contributed by atoms with E-state index in [0.29, 0.717) is 12.5 Å². The van der Waals surface area contributed by atoms with Crippen molar-refractivity contribution < 1.29 is 0 Å². The molecule has 1 aromatic heterocycles. The van der Waals surface area contributed by atoms with Gasteiger partial charge in [-0.2, -0.15) is 0 Å². The summed E-state index contributed by atoms with van der Waals surface area (Å²) < 4.78 is 2.24. The summed E-state index contributed by atoms with van der Waals surface area (Å²) in [6.07, 6.45) is 9.39. The largest absolute Gasteiger partial charge is 0.324 e. The highest BCUT2D eigenvalue weighted by Crippen LogP contribution is 2.27. The van der Waals surface area contributed by atoms with Gasteiger partial charge in [0.25, 0.3) is 0 Å². The molecule has 1 saturated carbocycles. The summed E-state index contributed by atoms with van der Waals surface area (Å²) in [4.78, 5) is 0. The lowest BCUT2D eigenvalue weighted by atomic mass is 9.86. The van der Waals surface area contributed by atoms with E-state index in [-0.39, 0.29) is 0 Å². The minimum Gasteiger partial charge on any atom is -0.324 e. The van der Waals surface area contributed by atoms with E-state index in [0.717, 1.165) is 30.5 Å². The molecular weight excluding hydrogens is 236 g/mol. The van der Waals surface area contributed by atoms with Crippen LogP contribution in [0.25, 0.3) is 0 Å². The Labute approximate surface area is 116 Å². The number of hydrogen-bond donors (Lipinski definition) is 1. The first-order chi connectivity index (χ1) is 9.20. The van der Waals surface area contributed by atoms with Crippen molar-refractivity contribution in [2.24, 2.45) is 17.6 Å². The molecule has 1 fully saturated rings. The van der Waals surface area contributed by atoms with Crippen molar-refractivity contribution in [3.63, 3.8) is 0 Å². The molecule has 4 nitrogen and oxygen atoms in total. The Morgan fingerprint density at radius 3 is 2.47 bits per heavy atom. The van der Waals surface area contributed by atoms with Gasteiger partial charge in [0.05, 0.1) is 6.54 Å². The van der Waals surface area contributed by atoms with E-state index in [1.807, 2.05) is 0 Å². The lowest BCUT2D eigenvalue weighted by Crippen LogP contribution is -2.15. The molecule has 1 heterocycles. The summed E-state index contributed by atoms with van der Waals surface area (Å²) in [5, 5.41) is 8.60. The maximum Gasteiger partial charge on any atom is 0.146 e.